The highest BCUT2D eigenvalue weighted by molar-refractivity contribution is 6.30. The first-order valence-electron chi connectivity index (χ1n) is 11.9. The van der Waals surface area contributed by atoms with Crippen molar-refractivity contribution in [2.24, 2.45) is 11.3 Å². The number of nitrogens with zero attached hydrogens (tertiary/aromatic N) is 1. The summed E-state index contributed by atoms with van der Waals surface area (Å²) in [6.45, 7) is 7.12. The SMILES string of the molecule is CC[C@@]1(C(C)C(=O)NCc2ccc(Cl)cc2)CCCN2CCc3c([nH]c4ccccc34)[C@@H]21. The Kier molecular flexibility index (Phi) is 5.77. The van der Waals surface area contributed by atoms with Gasteiger partial charge >= 0.3 is 0 Å². The van der Waals surface area contributed by atoms with Crippen LogP contribution in [0.2, 0.25) is 5.02 Å². The number of carbonyl (C=O) groups is 1. The van der Waals surface area contributed by atoms with Gasteiger partial charge in [0.1, 0.15) is 0 Å². The second kappa shape index (κ2) is 8.57. The van der Waals surface area contributed by atoms with Gasteiger partial charge in [-0.15, -0.1) is 0 Å². The van der Waals surface area contributed by atoms with Crippen LogP contribution >= 0.6 is 11.6 Å². The van der Waals surface area contributed by atoms with Crippen LogP contribution in [0.4, 0.5) is 0 Å². The second-order valence-corrected chi connectivity index (χ2v) is 9.94. The third-order valence-corrected chi connectivity index (χ3v) is 8.31. The molecule has 3 heterocycles. The number of aromatic amines is 1. The van der Waals surface area contributed by atoms with E-state index in [0.29, 0.717) is 11.6 Å². The lowest BCUT2D eigenvalue weighted by molar-refractivity contribution is -0.135. The van der Waals surface area contributed by atoms with Gasteiger partial charge in [-0.1, -0.05) is 55.8 Å². The van der Waals surface area contributed by atoms with Gasteiger partial charge in [0.2, 0.25) is 5.91 Å². The molecule has 1 unspecified atom stereocenters. The first-order valence-corrected chi connectivity index (χ1v) is 12.3. The summed E-state index contributed by atoms with van der Waals surface area (Å²) in [4.78, 5) is 19.8. The smallest absolute Gasteiger partial charge is 0.223 e. The normalized spacial score (nSPS) is 24.0. The van der Waals surface area contributed by atoms with Gasteiger partial charge in [-0.05, 0) is 61.6 Å². The van der Waals surface area contributed by atoms with E-state index in [1.807, 2.05) is 24.3 Å². The Morgan fingerprint density at radius 2 is 2.00 bits per heavy atom. The molecular formula is C27H32ClN3O. The number of para-hydroxylation sites is 1. The van der Waals surface area contributed by atoms with Gasteiger partial charge in [0.15, 0.2) is 0 Å². The quantitative estimate of drug-likeness (QED) is 0.512. The number of fused-ring (bicyclic) bond motifs is 5. The fourth-order valence-corrected chi connectivity index (χ4v) is 6.39. The minimum Gasteiger partial charge on any atom is -0.357 e. The molecule has 4 nitrogen and oxygen atoms in total. The highest BCUT2D eigenvalue weighted by Gasteiger charge is 2.52. The maximum atomic E-state index is 13.4. The molecule has 3 aromatic rings. The Balaban J connectivity index is 1.46. The number of benzene rings is 2. The molecule has 2 aliphatic rings. The largest absolute Gasteiger partial charge is 0.357 e. The van der Waals surface area contributed by atoms with Crippen molar-refractivity contribution in [3.63, 3.8) is 0 Å². The second-order valence-electron chi connectivity index (χ2n) is 9.51. The molecule has 3 atom stereocenters. The highest BCUT2D eigenvalue weighted by atomic mass is 35.5. The molecule has 1 amide bonds. The Morgan fingerprint density at radius 3 is 2.78 bits per heavy atom. The molecule has 0 saturated carbocycles. The van der Waals surface area contributed by atoms with Crippen molar-refractivity contribution in [2.45, 2.75) is 52.1 Å². The molecule has 2 aromatic carbocycles. The van der Waals surface area contributed by atoms with Gasteiger partial charge in [0.25, 0.3) is 0 Å². The fourth-order valence-electron chi connectivity index (χ4n) is 6.27. The summed E-state index contributed by atoms with van der Waals surface area (Å²) in [6, 6.07) is 16.6. The lowest BCUT2D eigenvalue weighted by Crippen LogP contribution is -2.54. The van der Waals surface area contributed by atoms with Gasteiger partial charge in [0, 0.05) is 46.0 Å². The fraction of sp³-hybridized carbons (Fsp3) is 0.444. The van der Waals surface area contributed by atoms with Crippen LogP contribution in [0.25, 0.3) is 10.9 Å². The van der Waals surface area contributed by atoms with Gasteiger partial charge in [-0.25, -0.2) is 0 Å². The minimum absolute atomic E-state index is 0.0787. The summed E-state index contributed by atoms with van der Waals surface area (Å²) < 4.78 is 0. The van der Waals surface area contributed by atoms with E-state index in [4.69, 9.17) is 11.6 Å². The number of piperidine rings is 1. The van der Waals surface area contributed by atoms with E-state index < -0.39 is 0 Å². The predicted molar refractivity (Wildman–Crippen MR) is 131 cm³/mol. The molecule has 2 aliphatic heterocycles. The van der Waals surface area contributed by atoms with Gasteiger partial charge in [-0.2, -0.15) is 0 Å². The topological polar surface area (TPSA) is 48.1 Å². The Labute approximate surface area is 195 Å². The molecule has 0 aliphatic carbocycles. The van der Waals surface area contributed by atoms with Crippen molar-refractivity contribution in [3.05, 3.63) is 70.4 Å². The zero-order chi connectivity index (χ0) is 22.3. The van der Waals surface area contributed by atoms with Crippen LogP contribution in [0, 0.1) is 11.3 Å². The molecule has 0 radical (unpaired) electrons. The average molecular weight is 450 g/mol. The van der Waals surface area contributed by atoms with Crippen LogP contribution in [0.1, 0.15) is 56.0 Å². The molecule has 0 bridgehead atoms. The molecule has 32 heavy (non-hydrogen) atoms. The standard InChI is InChI=1S/C27H32ClN3O/c1-3-27(18(2)26(32)29-17-19-9-11-20(28)12-10-19)14-6-15-31-16-13-22-21-7-4-5-8-23(21)30-24(22)25(27)31/h4-5,7-12,18,25,30H,3,6,13-17H2,1-2H3,(H,29,32)/t18?,25-,27+/m1/s1. The number of hydrogen-bond acceptors (Lipinski definition) is 2. The highest BCUT2D eigenvalue weighted by Crippen LogP contribution is 2.55. The van der Waals surface area contributed by atoms with E-state index in [2.05, 4.69) is 53.3 Å². The summed E-state index contributed by atoms with van der Waals surface area (Å²) in [5, 5.41) is 5.27. The van der Waals surface area contributed by atoms with Gasteiger partial charge in [0.05, 0.1) is 6.04 Å². The third-order valence-electron chi connectivity index (χ3n) is 8.06. The first-order chi connectivity index (χ1) is 15.5. The lowest BCUT2D eigenvalue weighted by Gasteiger charge is -2.54. The number of carbonyl (C=O) groups excluding carboxylic acids is 1. The van der Waals surface area contributed by atoms with E-state index in [1.54, 1.807) is 0 Å². The first kappa shape index (κ1) is 21.5. The van der Waals surface area contributed by atoms with Crippen LogP contribution in [0.5, 0.6) is 0 Å². The number of rotatable bonds is 5. The molecule has 1 aromatic heterocycles. The van der Waals surface area contributed by atoms with Crippen molar-refractivity contribution >= 4 is 28.4 Å². The molecule has 2 N–H and O–H groups in total. The van der Waals surface area contributed by atoms with Crippen LogP contribution in [0.3, 0.4) is 0 Å². The number of amides is 1. The number of hydrogen-bond donors (Lipinski definition) is 2. The van der Waals surface area contributed by atoms with Gasteiger partial charge in [-0.3, -0.25) is 9.69 Å². The summed E-state index contributed by atoms with van der Waals surface area (Å²) in [7, 11) is 0. The van der Waals surface area contributed by atoms with Crippen molar-refractivity contribution in [2.75, 3.05) is 13.1 Å². The van der Waals surface area contributed by atoms with Crippen molar-refractivity contribution in [3.8, 4) is 0 Å². The van der Waals surface area contributed by atoms with Crippen LogP contribution < -0.4 is 5.32 Å². The maximum Gasteiger partial charge on any atom is 0.223 e. The van der Waals surface area contributed by atoms with Crippen LogP contribution in [0.15, 0.2) is 48.5 Å². The third kappa shape index (κ3) is 3.54. The maximum absolute atomic E-state index is 13.4. The summed E-state index contributed by atoms with van der Waals surface area (Å²) >= 11 is 6.00. The molecule has 1 fully saturated rings. The van der Waals surface area contributed by atoms with E-state index in [-0.39, 0.29) is 23.3 Å². The Morgan fingerprint density at radius 1 is 1.22 bits per heavy atom. The van der Waals surface area contributed by atoms with E-state index >= 15 is 0 Å². The zero-order valence-corrected chi connectivity index (χ0v) is 19.7. The van der Waals surface area contributed by atoms with E-state index in [0.717, 1.165) is 44.3 Å². The number of halogens is 1. The summed E-state index contributed by atoms with van der Waals surface area (Å²) in [6.07, 6.45) is 4.29. The molecular weight excluding hydrogens is 418 g/mol. The number of H-pyrrole nitrogens is 1. The Hall–Kier alpha value is -2.30. The number of nitrogens with one attached hydrogen (secondary N) is 2. The molecule has 0 spiro atoms. The lowest BCUT2D eigenvalue weighted by atomic mass is 9.61. The summed E-state index contributed by atoms with van der Waals surface area (Å²) in [5.41, 5.74) is 5.00. The molecule has 1 saturated heterocycles. The van der Waals surface area contributed by atoms with Crippen LogP contribution in [-0.2, 0) is 17.8 Å². The molecule has 168 valence electrons. The van der Waals surface area contributed by atoms with Crippen molar-refractivity contribution in [1.29, 1.82) is 0 Å². The van der Waals surface area contributed by atoms with E-state index in [9.17, 15) is 4.79 Å². The number of aromatic nitrogens is 1. The van der Waals surface area contributed by atoms with Crippen molar-refractivity contribution in [1.82, 2.24) is 15.2 Å². The Bertz CT molecular complexity index is 1120. The van der Waals surface area contributed by atoms with E-state index in [1.165, 1.54) is 22.2 Å². The summed E-state index contributed by atoms with van der Waals surface area (Å²) in [5.74, 6) is 0.0665. The monoisotopic (exact) mass is 449 g/mol. The van der Waals surface area contributed by atoms with Crippen molar-refractivity contribution < 1.29 is 4.79 Å². The predicted octanol–water partition coefficient (Wildman–Crippen LogP) is 5.86. The molecule has 5 rings (SSSR count). The van der Waals surface area contributed by atoms with Crippen LogP contribution in [-0.4, -0.2) is 28.9 Å². The zero-order valence-electron chi connectivity index (χ0n) is 19.0. The molecule has 5 heteroatoms. The minimum atomic E-state index is -0.0849. The average Bonchev–Trinajstić information content (AvgIpc) is 3.21. The van der Waals surface area contributed by atoms with Gasteiger partial charge < -0.3 is 10.3 Å².